The van der Waals surface area contributed by atoms with Crippen molar-refractivity contribution in [2.75, 3.05) is 20.6 Å². The Kier molecular flexibility index (Phi) is 3.83. The third-order valence-electron chi connectivity index (χ3n) is 4.22. The molecule has 1 amide bonds. The number of guanidine groups is 1. The van der Waals surface area contributed by atoms with Crippen molar-refractivity contribution in [3.63, 3.8) is 0 Å². The Hall–Kier alpha value is -1.30. The fraction of sp³-hybridized carbons (Fsp3) is 0.857. The van der Waals surface area contributed by atoms with Crippen molar-refractivity contribution < 1.29 is 9.53 Å². The van der Waals surface area contributed by atoms with Crippen LogP contribution in [0, 0.1) is 0 Å². The van der Waals surface area contributed by atoms with Crippen molar-refractivity contribution in [3.8, 4) is 0 Å². The number of fused-ring (bicyclic) bond motifs is 2. The monoisotopic (exact) mass is 280 g/mol. The van der Waals surface area contributed by atoms with E-state index in [9.17, 15) is 4.79 Å². The zero-order chi connectivity index (χ0) is 14.1. The molecule has 3 atom stereocenters. The smallest absolute Gasteiger partial charge is 0.243 e. The van der Waals surface area contributed by atoms with Gasteiger partial charge in [0.15, 0.2) is 5.96 Å². The molecule has 3 fully saturated rings. The lowest BCUT2D eigenvalue weighted by atomic mass is 9.96. The van der Waals surface area contributed by atoms with Gasteiger partial charge in [-0.25, -0.2) is 4.99 Å². The van der Waals surface area contributed by atoms with E-state index in [1.807, 2.05) is 0 Å². The van der Waals surface area contributed by atoms with E-state index in [1.54, 1.807) is 19.0 Å². The van der Waals surface area contributed by atoms with Crippen LogP contribution in [0.1, 0.15) is 32.1 Å². The van der Waals surface area contributed by atoms with Gasteiger partial charge in [0.25, 0.3) is 0 Å². The topological polar surface area (TPSA) is 66.0 Å². The average molecular weight is 280 g/mol. The average Bonchev–Trinajstić information content (AvgIpc) is 2.98. The summed E-state index contributed by atoms with van der Waals surface area (Å²) in [6.45, 7) is 0.191. The van der Waals surface area contributed by atoms with Crippen LogP contribution in [0.2, 0.25) is 0 Å². The standard InChI is InChI=1S/C14H24N4O2/c1-18(2)13(19)8-15-14(16-9-3-4-9)17-11-7-10-5-6-12(11)20-10/h9-12H,3-8H2,1-2H3,(H2,15,16,17). The minimum atomic E-state index is 0.0195. The van der Waals surface area contributed by atoms with Crippen LogP contribution in [0.25, 0.3) is 0 Å². The number of carbonyl (C=O) groups excluding carboxylic acids is 1. The number of carbonyl (C=O) groups is 1. The molecule has 2 bridgehead atoms. The van der Waals surface area contributed by atoms with Gasteiger partial charge in [0.2, 0.25) is 5.91 Å². The first kappa shape index (κ1) is 13.7. The molecule has 1 aliphatic carbocycles. The van der Waals surface area contributed by atoms with E-state index in [4.69, 9.17) is 4.74 Å². The summed E-state index contributed by atoms with van der Waals surface area (Å²) in [7, 11) is 3.51. The zero-order valence-corrected chi connectivity index (χ0v) is 12.3. The molecule has 3 aliphatic rings. The molecule has 2 aliphatic heterocycles. The van der Waals surface area contributed by atoms with Crippen LogP contribution in [-0.4, -0.2) is 61.7 Å². The van der Waals surface area contributed by atoms with E-state index in [0.717, 1.165) is 18.8 Å². The van der Waals surface area contributed by atoms with Crippen LogP contribution in [0.5, 0.6) is 0 Å². The molecule has 6 heteroatoms. The molecule has 6 nitrogen and oxygen atoms in total. The second-order valence-corrected chi connectivity index (χ2v) is 6.23. The van der Waals surface area contributed by atoms with Crippen LogP contribution in [-0.2, 0) is 9.53 Å². The van der Waals surface area contributed by atoms with Crippen LogP contribution in [0.4, 0.5) is 0 Å². The van der Waals surface area contributed by atoms with E-state index in [2.05, 4.69) is 15.6 Å². The van der Waals surface area contributed by atoms with Gasteiger partial charge in [-0.2, -0.15) is 0 Å². The molecular weight excluding hydrogens is 256 g/mol. The van der Waals surface area contributed by atoms with E-state index >= 15 is 0 Å². The lowest BCUT2D eigenvalue weighted by Gasteiger charge is -2.23. The van der Waals surface area contributed by atoms with Crippen molar-refractivity contribution in [1.29, 1.82) is 0 Å². The molecule has 0 aromatic carbocycles. The number of rotatable bonds is 4. The molecule has 0 aromatic heterocycles. The summed E-state index contributed by atoms with van der Waals surface area (Å²) in [6, 6.07) is 0.864. The summed E-state index contributed by atoms with van der Waals surface area (Å²) < 4.78 is 5.85. The molecule has 112 valence electrons. The van der Waals surface area contributed by atoms with Gasteiger partial charge in [-0.1, -0.05) is 0 Å². The lowest BCUT2D eigenvalue weighted by molar-refractivity contribution is -0.127. The third-order valence-corrected chi connectivity index (χ3v) is 4.22. The van der Waals surface area contributed by atoms with E-state index in [0.29, 0.717) is 24.3 Å². The molecule has 0 aromatic rings. The summed E-state index contributed by atoms with van der Waals surface area (Å²) in [6.07, 6.45) is 6.49. The van der Waals surface area contributed by atoms with E-state index in [-0.39, 0.29) is 12.5 Å². The molecule has 2 heterocycles. The number of amides is 1. The Bertz CT molecular complexity index is 406. The van der Waals surface area contributed by atoms with Gasteiger partial charge >= 0.3 is 0 Å². The second-order valence-electron chi connectivity index (χ2n) is 6.23. The number of likely N-dealkylation sites (N-methyl/N-ethyl adjacent to an activating group) is 1. The summed E-state index contributed by atoms with van der Waals surface area (Å²) >= 11 is 0. The molecule has 0 spiro atoms. The number of ether oxygens (including phenoxy) is 1. The van der Waals surface area contributed by atoms with Crippen LogP contribution < -0.4 is 10.6 Å². The predicted octanol–water partition coefficient (Wildman–Crippen LogP) is 0.0921. The number of hydrogen-bond donors (Lipinski definition) is 2. The highest BCUT2D eigenvalue weighted by Gasteiger charge is 2.41. The predicted molar refractivity (Wildman–Crippen MR) is 76.6 cm³/mol. The SMILES string of the molecule is CN(C)C(=O)CN=C(NC1CC1)NC1CC2CCC1O2. The molecule has 20 heavy (non-hydrogen) atoms. The van der Waals surface area contributed by atoms with Crippen molar-refractivity contribution in [2.24, 2.45) is 4.99 Å². The highest BCUT2D eigenvalue weighted by Crippen LogP contribution is 2.34. The first-order valence-electron chi connectivity index (χ1n) is 7.55. The van der Waals surface area contributed by atoms with Crippen LogP contribution in [0.15, 0.2) is 4.99 Å². The minimum Gasteiger partial charge on any atom is -0.373 e. The minimum absolute atomic E-state index is 0.0195. The Balaban J connectivity index is 1.57. The summed E-state index contributed by atoms with van der Waals surface area (Å²) in [5.41, 5.74) is 0. The Morgan fingerprint density at radius 2 is 2.05 bits per heavy atom. The Labute approximate surface area is 119 Å². The van der Waals surface area contributed by atoms with Crippen molar-refractivity contribution in [1.82, 2.24) is 15.5 Å². The molecule has 2 saturated heterocycles. The number of hydrogen-bond acceptors (Lipinski definition) is 3. The maximum absolute atomic E-state index is 11.7. The summed E-state index contributed by atoms with van der Waals surface area (Å²) in [5.74, 6) is 0.787. The van der Waals surface area contributed by atoms with Crippen molar-refractivity contribution in [2.45, 2.75) is 56.4 Å². The van der Waals surface area contributed by atoms with Gasteiger partial charge in [-0.15, -0.1) is 0 Å². The third kappa shape index (κ3) is 3.23. The Morgan fingerprint density at radius 3 is 2.60 bits per heavy atom. The molecule has 3 unspecified atom stereocenters. The van der Waals surface area contributed by atoms with Crippen LogP contribution >= 0.6 is 0 Å². The van der Waals surface area contributed by atoms with Gasteiger partial charge in [-0.3, -0.25) is 4.79 Å². The van der Waals surface area contributed by atoms with E-state index < -0.39 is 0 Å². The molecule has 2 N–H and O–H groups in total. The molecule has 3 rings (SSSR count). The first-order valence-corrected chi connectivity index (χ1v) is 7.55. The summed E-state index contributed by atoms with van der Waals surface area (Å²) in [4.78, 5) is 17.6. The maximum atomic E-state index is 11.7. The molecule has 1 saturated carbocycles. The summed E-state index contributed by atoms with van der Waals surface area (Å²) in [5, 5.41) is 6.84. The van der Waals surface area contributed by atoms with Gasteiger partial charge in [0.1, 0.15) is 6.54 Å². The van der Waals surface area contributed by atoms with Crippen molar-refractivity contribution >= 4 is 11.9 Å². The fourth-order valence-electron chi connectivity index (χ4n) is 2.81. The number of aliphatic imine (C=N–C) groups is 1. The molecule has 0 radical (unpaired) electrons. The second kappa shape index (κ2) is 5.60. The number of nitrogens with one attached hydrogen (secondary N) is 2. The van der Waals surface area contributed by atoms with Crippen molar-refractivity contribution in [3.05, 3.63) is 0 Å². The Morgan fingerprint density at radius 1 is 1.25 bits per heavy atom. The van der Waals surface area contributed by atoms with Gasteiger partial charge in [0, 0.05) is 20.1 Å². The van der Waals surface area contributed by atoms with Gasteiger partial charge in [0.05, 0.1) is 18.2 Å². The zero-order valence-electron chi connectivity index (χ0n) is 12.3. The highest BCUT2D eigenvalue weighted by molar-refractivity contribution is 5.85. The molecular formula is C14H24N4O2. The van der Waals surface area contributed by atoms with Crippen LogP contribution in [0.3, 0.4) is 0 Å². The normalized spacial score (nSPS) is 32.3. The van der Waals surface area contributed by atoms with E-state index in [1.165, 1.54) is 19.3 Å². The maximum Gasteiger partial charge on any atom is 0.243 e. The number of nitrogens with zero attached hydrogens (tertiary/aromatic N) is 2. The van der Waals surface area contributed by atoms with Gasteiger partial charge in [-0.05, 0) is 32.1 Å². The quantitative estimate of drug-likeness (QED) is 0.566. The lowest BCUT2D eigenvalue weighted by Crippen LogP contribution is -2.48. The largest absolute Gasteiger partial charge is 0.373 e. The highest BCUT2D eigenvalue weighted by atomic mass is 16.5. The fourth-order valence-corrected chi connectivity index (χ4v) is 2.81. The first-order chi connectivity index (χ1) is 9.61. The van der Waals surface area contributed by atoms with Gasteiger partial charge < -0.3 is 20.3 Å².